The van der Waals surface area contributed by atoms with Crippen LogP contribution >= 0.6 is 24.0 Å². The molecule has 0 aromatic heterocycles. The van der Waals surface area contributed by atoms with Crippen LogP contribution in [0.3, 0.4) is 0 Å². The molecule has 0 saturated heterocycles. The predicted molar refractivity (Wildman–Crippen MR) is 59.5 cm³/mol. The maximum Gasteiger partial charge on any atom is 0.522 e. The molecule has 88 valence electrons. The van der Waals surface area contributed by atoms with Crippen LogP contribution in [-0.2, 0) is 10.1 Å². The van der Waals surface area contributed by atoms with Crippen LogP contribution in [0, 0.1) is 0 Å². The molecule has 0 saturated carbocycles. The lowest BCUT2D eigenvalue weighted by atomic mass is 10.4. The number of hydrogen-bond donors (Lipinski definition) is 1. The van der Waals surface area contributed by atoms with Crippen LogP contribution in [-0.4, -0.2) is 18.5 Å². The SMILES string of the molecule is I.O=S(=O)(O)C(F)(F)F.c1ccccc1. The van der Waals surface area contributed by atoms with Crippen LogP contribution in [0.2, 0.25) is 0 Å². The van der Waals surface area contributed by atoms with Crippen LogP contribution in [0.15, 0.2) is 36.4 Å². The van der Waals surface area contributed by atoms with Crippen LogP contribution in [0.1, 0.15) is 0 Å². The highest BCUT2D eigenvalue weighted by atomic mass is 127. The first kappa shape index (κ1) is 17.1. The number of rotatable bonds is 0. The summed E-state index contributed by atoms with van der Waals surface area (Å²) in [6, 6.07) is 12.0. The van der Waals surface area contributed by atoms with E-state index >= 15 is 0 Å². The fraction of sp³-hybridized carbons (Fsp3) is 0.143. The molecule has 0 unspecified atom stereocenters. The minimum atomic E-state index is -5.84. The monoisotopic (exact) mass is 356 g/mol. The molecule has 0 spiro atoms. The van der Waals surface area contributed by atoms with Gasteiger partial charge in [0.15, 0.2) is 0 Å². The third-order valence-corrected chi connectivity index (χ3v) is 1.54. The highest BCUT2D eigenvalue weighted by Crippen LogP contribution is 2.20. The molecule has 0 heterocycles. The molecule has 0 radical (unpaired) electrons. The molecule has 1 N–H and O–H groups in total. The number of hydrogen-bond acceptors (Lipinski definition) is 2. The third-order valence-electron chi connectivity index (χ3n) is 0.959. The molecule has 0 fully saturated rings. The first-order chi connectivity index (χ1) is 6.25. The van der Waals surface area contributed by atoms with Crippen LogP contribution < -0.4 is 0 Å². The van der Waals surface area contributed by atoms with E-state index in [1.54, 1.807) is 0 Å². The van der Waals surface area contributed by atoms with Gasteiger partial charge in [-0.25, -0.2) is 0 Å². The molecule has 3 nitrogen and oxygen atoms in total. The summed E-state index contributed by atoms with van der Waals surface area (Å²) in [7, 11) is -5.84. The normalized spacial score (nSPS) is 10.7. The maximum atomic E-state index is 10.7. The van der Waals surface area contributed by atoms with E-state index in [1.807, 2.05) is 36.4 Å². The Morgan fingerprint density at radius 1 is 0.867 bits per heavy atom. The van der Waals surface area contributed by atoms with Crippen molar-refractivity contribution in [3.8, 4) is 0 Å². The van der Waals surface area contributed by atoms with E-state index in [9.17, 15) is 13.2 Å². The Hall–Kier alpha value is -0.350. The minimum Gasteiger partial charge on any atom is -0.279 e. The van der Waals surface area contributed by atoms with E-state index < -0.39 is 15.6 Å². The van der Waals surface area contributed by atoms with Crippen molar-refractivity contribution in [2.45, 2.75) is 5.51 Å². The second-order valence-electron chi connectivity index (χ2n) is 2.08. The largest absolute Gasteiger partial charge is 0.522 e. The van der Waals surface area contributed by atoms with Crippen LogP contribution in [0.25, 0.3) is 0 Å². The van der Waals surface area contributed by atoms with Gasteiger partial charge in [-0.1, -0.05) is 36.4 Å². The average Bonchev–Trinajstić information content (AvgIpc) is 2.05. The van der Waals surface area contributed by atoms with Crippen molar-refractivity contribution in [1.29, 1.82) is 0 Å². The Morgan fingerprint density at radius 3 is 1.07 bits per heavy atom. The molecule has 15 heavy (non-hydrogen) atoms. The number of halogens is 4. The summed E-state index contributed by atoms with van der Waals surface area (Å²) < 4.78 is 57.5. The molecule has 1 aromatic carbocycles. The van der Waals surface area contributed by atoms with Crippen LogP contribution in [0.5, 0.6) is 0 Å². The molecule has 1 rings (SSSR count). The summed E-state index contributed by atoms with van der Waals surface area (Å²) in [6.45, 7) is 0. The van der Waals surface area contributed by atoms with Gasteiger partial charge in [-0.15, -0.1) is 24.0 Å². The summed E-state index contributed by atoms with van der Waals surface area (Å²) in [4.78, 5) is 0. The molecule has 0 amide bonds. The zero-order valence-electron chi connectivity index (χ0n) is 7.18. The standard InChI is InChI=1S/C6H6.CHF3O3S.HI/c1-2-4-6-5-3-1;2-1(3,4)8(5,6)7;/h1-6H;(H,5,6,7);1H. The fourth-order valence-corrected chi connectivity index (χ4v) is 0.385. The van der Waals surface area contributed by atoms with Crippen molar-refractivity contribution >= 4 is 34.1 Å². The molecule has 0 atom stereocenters. The van der Waals surface area contributed by atoms with Crippen molar-refractivity contribution < 1.29 is 26.1 Å². The Balaban J connectivity index is 0. The Bertz CT molecular complexity index is 323. The van der Waals surface area contributed by atoms with E-state index in [-0.39, 0.29) is 24.0 Å². The molecular formula is C7H8F3IO3S. The lowest BCUT2D eigenvalue weighted by molar-refractivity contribution is -0.0510. The highest BCUT2D eigenvalue weighted by molar-refractivity contribution is 14.0. The van der Waals surface area contributed by atoms with Gasteiger partial charge in [0.25, 0.3) is 0 Å². The number of alkyl halides is 3. The van der Waals surface area contributed by atoms with Crippen molar-refractivity contribution in [3.05, 3.63) is 36.4 Å². The zero-order chi connectivity index (χ0) is 11.2. The summed E-state index contributed by atoms with van der Waals surface area (Å²) in [5, 5.41) is 0. The maximum absolute atomic E-state index is 10.7. The summed E-state index contributed by atoms with van der Waals surface area (Å²) in [5.74, 6) is 0. The van der Waals surface area contributed by atoms with Gasteiger partial charge in [0.2, 0.25) is 0 Å². The molecular weight excluding hydrogens is 348 g/mol. The van der Waals surface area contributed by atoms with E-state index in [0.717, 1.165) is 0 Å². The Kier molecular flexibility index (Phi) is 7.97. The fourth-order valence-electron chi connectivity index (χ4n) is 0.385. The van der Waals surface area contributed by atoms with E-state index in [1.165, 1.54) is 0 Å². The molecule has 0 aliphatic carbocycles. The van der Waals surface area contributed by atoms with E-state index in [0.29, 0.717) is 0 Å². The molecule has 1 aromatic rings. The van der Waals surface area contributed by atoms with Gasteiger partial charge < -0.3 is 0 Å². The second kappa shape index (κ2) is 7.01. The second-order valence-corrected chi connectivity index (χ2v) is 3.49. The van der Waals surface area contributed by atoms with Crippen molar-refractivity contribution in [3.63, 3.8) is 0 Å². The van der Waals surface area contributed by atoms with Gasteiger partial charge in [0.05, 0.1) is 0 Å². The van der Waals surface area contributed by atoms with Gasteiger partial charge in [-0.05, 0) is 0 Å². The summed E-state index contributed by atoms with van der Waals surface area (Å²) >= 11 is 0. The van der Waals surface area contributed by atoms with Crippen molar-refractivity contribution in [1.82, 2.24) is 0 Å². The summed E-state index contributed by atoms with van der Waals surface area (Å²) in [6.07, 6.45) is 0. The quantitative estimate of drug-likeness (QED) is 0.442. The van der Waals surface area contributed by atoms with E-state index in [4.69, 9.17) is 13.0 Å². The first-order valence-corrected chi connectivity index (χ1v) is 4.73. The Labute approximate surface area is 102 Å². The van der Waals surface area contributed by atoms with Gasteiger partial charge in [0.1, 0.15) is 0 Å². The predicted octanol–water partition coefficient (Wildman–Crippen LogP) is 2.70. The molecule has 0 aliphatic heterocycles. The zero-order valence-corrected chi connectivity index (χ0v) is 10.3. The molecule has 0 bridgehead atoms. The third kappa shape index (κ3) is 8.63. The molecule has 0 aliphatic rings. The van der Waals surface area contributed by atoms with Gasteiger partial charge in [-0.3, -0.25) is 4.55 Å². The van der Waals surface area contributed by atoms with Crippen molar-refractivity contribution in [2.75, 3.05) is 0 Å². The molecule has 8 heteroatoms. The lowest BCUT2D eigenvalue weighted by Gasteiger charge is -1.97. The van der Waals surface area contributed by atoms with E-state index in [2.05, 4.69) is 0 Å². The summed E-state index contributed by atoms with van der Waals surface area (Å²) in [5.41, 5.74) is -5.53. The van der Waals surface area contributed by atoms with Crippen LogP contribution in [0.4, 0.5) is 13.2 Å². The Morgan fingerprint density at radius 2 is 1.00 bits per heavy atom. The topological polar surface area (TPSA) is 54.4 Å². The minimum absolute atomic E-state index is 0. The van der Waals surface area contributed by atoms with Crippen molar-refractivity contribution in [2.24, 2.45) is 0 Å². The first-order valence-electron chi connectivity index (χ1n) is 3.29. The van der Waals surface area contributed by atoms with Gasteiger partial charge in [-0.2, -0.15) is 21.6 Å². The highest BCUT2D eigenvalue weighted by Gasteiger charge is 2.44. The lowest BCUT2D eigenvalue weighted by Crippen LogP contribution is -2.21. The van der Waals surface area contributed by atoms with Gasteiger partial charge in [0, 0.05) is 0 Å². The smallest absolute Gasteiger partial charge is 0.279 e. The average molecular weight is 356 g/mol. The van der Waals surface area contributed by atoms with Gasteiger partial charge >= 0.3 is 15.6 Å². The number of benzene rings is 1.